The number of ether oxygens (including phenoxy) is 1. The molecule has 1 aliphatic heterocycles. The van der Waals surface area contributed by atoms with E-state index in [9.17, 15) is 9.59 Å². The molecule has 0 spiro atoms. The van der Waals surface area contributed by atoms with E-state index in [1.54, 1.807) is 11.8 Å². The molecule has 0 saturated carbocycles. The Balaban J connectivity index is 2.28. The Bertz CT molecular complexity index is 522. The summed E-state index contributed by atoms with van der Waals surface area (Å²) in [6.45, 7) is 6.58. The second kappa shape index (κ2) is 5.66. The molecule has 2 atom stereocenters. The molecule has 1 aromatic heterocycles. The van der Waals surface area contributed by atoms with Gasteiger partial charge in [-0.3, -0.25) is 9.59 Å². The number of carbonyl (C=O) groups excluding carboxylic acids is 1. The zero-order chi connectivity index (χ0) is 14.9. The molecular weight excluding hydrogens is 262 g/mol. The van der Waals surface area contributed by atoms with Gasteiger partial charge in [-0.1, -0.05) is 0 Å². The van der Waals surface area contributed by atoms with Crippen LogP contribution in [0.25, 0.3) is 0 Å². The maximum absolute atomic E-state index is 12.7. The predicted octanol–water partition coefficient (Wildman–Crippen LogP) is 1.46. The molecule has 20 heavy (non-hydrogen) atoms. The van der Waals surface area contributed by atoms with Crippen LogP contribution in [0, 0.1) is 6.92 Å². The number of amides is 1. The van der Waals surface area contributed by atoms with Crippen LogP contribution < -0.4 is 0 Å². The van der Waals surface area contributed by atoms with Gasteiger partial charge in [0.25, 0.3) is 5.91 Å². The summed E-state index contributed by atoms with van der Waals surface area (Å²) in [5, 5.41) is 8.88. The number of morpholine rings is 1. The van der Waals surface area contributed by atoms with Crippen LogP contribution in [0.3, 0.4) is 0 Å². The van der Waals surface area contributed by atoms with E-state index in [4.69, 9.17) is 14.3 Å². The third-order valence-corrected chi connectivity index (χ3v) is 3.72. The second-order valence-corrected chi connectivity index (χ2v) is 5.10. The Kier molecular flexibility index (Phi) is 4.13. The van der Waals surface area contributed by atoms with E-state index < -0.39 is 5.97 Å². The van der Waals surface area contributed by atoms with E-state index in [2.05, 4.69) is 0 Å². The Hall–Kier alpha value is -1.82. The van der Waals surface area contributed by atoms with Crippen molar-refractivity contribution in [3.05, 3.63) is 23.2 Å². The van der Waals surface area contributed by atoms with E-state index in [1.165, 1.54) is 6.26 Å². The summed E-state index contributed by atoms with van der Waals surface area (Å²) in [4.78, 5) is 25.2. The molecule has 1 fully saturated rings. The molecule has 0 aliphatic carbocycles. The maximum Gasteiger partial charge on any atom is 0.311 e. The highest BCUT2D eigenvalue weighted by Crippen LogP contribution is 2.23. The molecule has 0 bridgehead atoms. The fraction of sp³-hybridized carbons (Fsp3) is 0.571. The minimum absolute atomic E-state index is 0.0390. The molecule has 1 N–H and O–H groups in total. The monoisotopic (exact) mass is 281 g/mol. The summed E-state index contributed by atoms with van der Waals surface area (Å²) in [5.41, 5.74) is 1.03. The molecule has 110 valence electrons. The minimum atomic E-state index is -1.02. The van der Waals surface area contributed by atoms with Crippen molar-refractivity contribution >= 4 is 11.9 Å². The summed E-state index contributed by atoms with van der Waals surface area (Å²) in [5.74, 6) is -0.988. The van der Waals surface area contributed by atoms with Crippen LogP contribution in [-0.4, -0.2) is 47.2 Å². The normalized spacial score (nSPS) is 22.9. The van der Waals surface area contributed by atoms with Crippen LogP contribution in [0.15, 0.2) is 10.7 Å². The number of aryl methyl sites for hydroxylation is 1. The smallest absolute Gasteiger partial charge is 0.311 e. The summed E-state index contributed by atoms with van der Waals surface area (Å²) in [7, 11) is 0. The van der Waals surface area contributed by atoms with Gasteiger partial charge in [-0.25, -0.2) is 0 Å². The van der Waals surface area contributed by atoms with Crippen molar-refractivity contribution in [2.75, 3.05) is 13.2 Å². The number of hydrogen-bond donors (Lipinski definition) is 1. The van der Waals surface area contributed by atoms with Gasteiger partial charge in [-0.05, 0) is 20.8 Å². The van der Waals surface area contributed by atoms with E-state index in [0.29, 0.717) is 24.3 Å². The predicted molar refractivity (Wildman–Crippen MR) is 70.7 cm³/mol. The average molecular weight is 281 g/mol. The lowest BCUT2D eigenvalue weighted by Crippen LogP contribution is -2.51. The molecule has 1 aliphatic rings. The van der Waals surface area contributed by atoms with Gasteiger partial charge < -0.3 is 19.2 Å². The van der Waals surface area contributed by atoms with Gasteiger partial charge >= 0.3 is 5.97 Å². The van der Waals surface area contributed by atoms with Crippen molar-refractivity contribution in [1.82, 2.24) is 4.90 Å². The highest BCUT2D eigenvalue weighted by molar-refractivity contribution is 5.97. The molecular formula is C14H19NO5. The van der Waals surface area contributed by atoms with Crippen LogP contribution in [-0.2, 0) is 16.0 Å². The largest absolute Gasteiger partial charge is 0.481 e. The van der Waals surface area contributed by atoms with Crippen molar-refractivity contribution in [2.45, 2.75) is 39.3 Å². The molecule has 2 unspecified atom stereocenters. The van der Waals surface area contributed by atoms with Gasteiger partial charge in [0, 0.05) is 12.1 Å². The number of nitrogens with zero attached hydrogens (tertiary/aromatic N) is 1. The third-order valence-electron chi connectivity index (χ3n) is 3.72. The molecule has 2 heterocycles. The third kappa shape index (κ3) is 2.70. The van der Waals surface area contributed by atoms with Gasteiger partial charge in [0.15, 0.2) is 0 Å². The average Bonchev–Trinajstić information content (AvgIpc) is 2.72. The van der Waals surface area contributed by atoms with E-state index in [-0.39, 0.29) is 30.2 Å². The number of hydrogen-bond acceptors (Lipinski definition) is 4. The van der Waals surface area contributed by atoms with Crippen molar-refractivity contribution in [3.63, 3.8) is 0 Å². The number of carboxylic acids is 1. The summed E-state index contributed by atoms with van der Waals surface area (Å²) < 4.78 is 10.7. The zero-order valence-electron chi connectivity index (χ0n) is 11.9. The van der Waals surface area contributed by atoms with Gasteiger partial charge in [-0.2, -0.15) is 0 Å². The standard InChI is InChI=1S/C14H19NO5/c1-8-7-20-11(6-12(16)17)13(8)14(18)15-4-5-19-10(3)9(15)2/h7,9-10H,4-6H2,1-3H3,(H,16,17). The zero-order valence-corrected chi connectivity index (χ0v) is 11.9. The van der Waals surface area contributed by atoms with E-state index in [0.717, 1.165) is 0 Å². The maximum atomic E-state index is 12.7. The van der Waals surface area contributed by atoms with Gasteiger partial charge in [0.05, 0.1) is 30.6 Å². The first-order chi connectivity index (χ1) is 9.41. The Morgan fingerprint density at radius 1 is 1.45 bits per heavy atom. The first kappa shape index (κ1) is 14.6. The van der Waals surface area contributed by atoms with E-state index in [1.807, 2.05) is 13.8 Å². The van der Waals surface area contributed by atoms with Crippen molar-refractivity contribution in [1.29, 1.82) is 0 Å². The topological polar surface area (TPSA) is 80.0 Å². The first-order valence-electron chi connectivity index (χ1n) is 6.63. The molecule has 1 amide bonds. The lowest BCUT2D eigenvalue weighted by Gasteiger charge is -2.37. The highest BCUT2D eigenvalue weighted by Gasteiger charge is 2.32. The fourth-order valence-electron chi connectivity index (χ4n) is 2.42. The minimum Gasteiger partial charge on any atom is -0.481 e. The molecule has 0 radical (unpaired) electrons. The van der Waals surface area contributed by atoms with Crippen LogP contribution in [0.5, 0.6) is 0 Å². The number of rotatable bonds is 3. The molecule has 2 rings (SSSR count). The summed E-state index contributed by atoms with van der Waals surface area (Å²) in [6, 6.07) is -0.0526. The highest BCUT2D eigenvalue weighted by atomic mass is 16.5. The molecule has 6 heteroatoms. The van der Waals surface area contributed by atoms with Gasteiger partial charge in [0.1, 0.15) is 12.2 Å². The molecule has 1 aromatic rings. The number of carbonyl (C=O) groups is 2. The fourth-order valence-corrected chi connectivity index (χ4v) is 2.42. The van der Waals surface area contributed by atoms with Crippen molar-refractivity contribution < 1.29 is 23.8 Å². The van der Waals surface area contributed by atoms with Crippen LogP contribution in [0.1, 0.15) is 35.5 Å². The second-order valence-electron chi connectivity index (χ2n) is 5.10. The van der Waals surface area contributed by atoms with Gasteiger partial charge in [-0.15, -0.1) is 0 Å². The van der Waals surface area contributed by atoms with Gasteiger partial charge in [0.2, 0.25) is 0 Å². The van der Waals surface area contributed by atoms with Crippen LogP contribution >= 0.6 is 0 Å². The quantitative estimate of drug-likeness (QED) is 0.907. The SMILES string of the molecule is Cc1coc(CC(=O)O)c1C(=O)N1CCOC(C)C1C. The first-order valence-corrected chi connectivity index (χ1v) is 6.63. The Labute approximate surface area is 117 Å². The van der Waals surface area contributed by atoms with Crippen molar-refractivity contribution in [2.24, 2.45) is 0 Å². The summed E-state index contributed by atoms with van der Waals surface area (Å²) in [6.07, 6.45) is 1.10. The lowest BCUT2D eigenvalue weighted by molar-refractivity contribution is -0.136. The Morgan fingerprint density at radius 2 is 2.15 bits per heavy atom. The lowest BCUT2D eigenvalue weighted by atomic mass is 10.0. The number of furan rings is 1. The number of aliphatic carboxylic acids is 1. The summed E-state index contributed by atoms with van der Waals surface area (Å²) >= 11 is 0. The molecule has 0 aromatic carbocycles. The number of carboxylic acid groups (broad SMARTS) is 1. The van der Waals surface area contributed by atoms with Crippen molar-refractivity contribution in [3.8, 4) is 0 Å². The molecule has 1 saturated heterocycles. The van der Waals surface area contributed by atoms with E-state index >= 15 is 0 Å². The Morgan fingerprint density at radius 3 is 2.80 bits per heavy atom. The molecule has 6 nitrogen and oxygen atoms in total. The van der Waals surface area contributed by atoms with Crippen LogP contribution in [0.2, 0.25) is 0 Å². The van der Waals surface area contributed by atoms with Crippen LogP contribution in [0.4, 0.5) is 0 Å².